The summed E-state index contributed by atoms with van der Waals surface area (Å²) >= 11 is 0. The van der Waals surface area contributed by atoms with Gasteiger partial charge in [0.25, 0.3) is 0 Å². The first-order chi connectivity index (χ1) is 36.0. The van der Waals surface area contributed by atoms with E-state index in [9.17, 15) is 14.4 Å². The summed E-state index contributed by atoms with van der Waals surface area (Å²) in [6.07, 6.45) is 87.2. The molecule has 0 amide bonds. The molecule has 0 saturated carbocycles. The zero-order chi connectivity index (χ0) is 52.9. The molecule has 0 aliphatic carbocycles. The Morgan fingerprint density at radius 2 is 0.589 bits per heavy atom. The highest BCUT2D eigenvalue weighted by atomic mass is 16.6. The van der Waals surface area contributed by atoms with Gasteiger partial charge in [0.15, 0.2) is 6.10 Å². The normalized spacial score (nSPS) is 13.3. The third kappa shape index (κ3) is 57.8. The molecule has 0 saturated heterocycles. The molecule has 0 aromatic heterocycles. The van der Waals surface area contributed by atoms with Gasteiger partial charge in [0.1, 0.15) is 13.2 Å². The summed E-state index contributed by atoms with van der Waals surface area (Å²) < 4.78 is 16.6. The van der Waals surface area contributed by atoms with E-state index in [2.05, 4.69) is 154 Å². The Morgan fingerprint density at radius 1 is 0.301 bits per heavy atom. The molecule has 0 N–H and O–H groups in total. The Morgan fingerprint density at radius 3 is 0.959 bits per heavy atom. The molecule has 0 spiro atoms. The molecule has 0 radical (unpaired) electrons. The first-order valence-corrected chi connectivity index (χ1v) is 29.0. The molecule has 1 atom stereocenters. The fraction of sp³-hybridized carbons (Fsp3) is 0.567. The van der Waals surface area contributed by atoms with E-state index in [1.54, 1.807) is 12.2 Å². The van der Waals surface area contributed by atoms with Crippen molar-refractivity contribution in [2.24, 2.45) is 0 Å². The summed E-state index contributed by atoms with van der Waals surface area (Å²) in [4.78, 5) is 38.0. The lowest BCUT2D eigenvalue weighted by Gasteiger charge is -2.17. The summed E-state index contributed by atoms with van der Waals surface area (Å²) in [6, 6.07) is 0. The maximum absolute atomic E-state index is 12.8. The molecular weight excluding hydrogens is 901 g/mol. The molecule has 6 nitrogen and oxygen atoms in total. The lowest BCUT2D eigenvalue weighted by Crippen LogP contribution is -2.30. The van der Waals surface area contributed by atoms with Crippen LogP contribution in [0.4, 0.5) is 0 Å². The SMILES string of the molecule is CC/C=C\C/C=C\C/C=C\C/C=C\C/C=C\CC(=O)OCC(COC(=O)CCCCCCCCCCCC/C=C\C/C=C\C/C=C\CCCCCCC)OC(=O)C/C=C\C/C=C\C/C=C\C/C=C\C/C=C\CC. The van der Waals surface area contributed by atoms with E-state index in [0.29, 0.717) is 19.3 Å². The lowest BCUT2D eigenvalue weighted by atomic mass is 10.1. The minimum atomic E-state index is -0.882. The van der Waals surface area contributed by atoms with Crippen molar-refractivity contribution in [2.75, 3.05) is 13.2 Å². The Kier molecular flexibility index (Phi) is 55.5. The van der Waals surface area contributed by atoms with Crippen LogP contribution in [0.1, 0.15) is 226 Å². The van der Waals surface area contributed by atoms with Gasteiger partial charge in [-0.25, -0.2) is 0 Å². The van der Waals surface area contributed by atoms with E-state index in [0.717, 1.165) is 83.5 Å². The second-order valence-electron chi connectivity index (χ2n) is 18.5. The quantitative estimate of drug-likeness (QED) is 0.0261. The van der Waals surface area contributed by atoms with Crippen molar-refractivity contribution >= 4 is 17.9 Å². The van der Waals surface area contributed by atoms with Gasteiger partial charge in [-0.15, -0.1) is 0 Å². The van der Waals surface area contributed by atoms with E-state index in [1.165, 1.54) is 89.9 Å². The number of hydrogen-bond donors (Lipinski definition) is 0. The smallest absolute Gasteiger partial charge is 0.310 e. The maximum atomic E-state index is 12.8. The Balaban J connectivity index is 4.52. The second kappa shape index (κ2) is 59.6. The molecule has 73 heavy (non-hydrogen) atoms. The van der Waals surface area contributed by atoms with Gasteiger partial charge in [0.2, 0.25) is 0 Å². The third-order valence-electron chi connectivity index (χ3n) is 11.6. The molecule has 6 heteroatoms. The van der Waals surface area contributed by atoms with E-state index in [1.807, 2.05) is 12.2 Å². The molecule has 0 rings (SSSR count). The second-order valence-corrected chi connectivity index (χ2v) is 18.5. The van der Waals surface area contributed by atoms with Gasteiger partial charge in [0.05, 0.1) is 12.8 Å². The first kappa shape index (κ1) is 68.0. The third-order valence-corrected chi connectivity index (χ3v) is 11.6. The summed E-state index contributed by atoms with van der Waals surface area (Å²) in [5, 5.41) is 0. The molecule has 0 fully saturated rings. The molecule has 0 aromatic rings. The van der Waals surface area contributed by atoms with Crippen molar-refractivity contribution in [3.05, 3.63) is 158 Å². The molecule has 0 aliphatic heterocycles. The van der Waals surface area contributed by atoms with Gasteiger partial charge < -0.3 is 14.2 Å². The van der Waals surface area contributed by atoms with Crippen LogP contribution in [0.2, 0.25) is 0 Å². The van der Waals surface area contributed by atoms with Crippen molar-refractivity contribution in [2.45, 2.75) is 232 Å². The lowest BCUT2D eigenvalue weighted by molar-refractivity contribution is -0.166. The largest absolute Gasteiger partial charge is 0.462 e. The number of carbonyl (C=O) groups excluding carboxylic acids is 3. The van der Waals surface area contributed by atoms with Gasteiger partial charge in [-0.1, -0.05) is 256 Å². The van der Waals surface area contributed by atoms with Crippen LogP contribution in [0, 0.1) is 0 Å². The molecule has 0 aliphatic rings. The minimum Gasteiger partial charge on any atom is -0.462 e. The number of esters is 3. The number of hydrogen-bond acceptors (Lipinski definition) is 6. The van der Waals surface area contributed by atoms with Crippen LogP contribution in [0.3, 0.4) is 0 Å². The van der Waals surface area contributed by atoms with Crippen molar-refractivity contribution in [1.82, 2.24) is 0 Å². The van der Waals surface area contributed by atoms with Crippen molar-refractivity contribution in [3.8, 4) is 0 Å². The van der Waals surface area contributed by atoms with Crippen LogP contribution in [-0.4, -0.2) is 37.2 Å². The molecular formula is C67H104O6. The summed E-state index contributed by atoms with van der Waals surface area (Å²) in [5.74, 6) is -1.23. The molecule has 0 heterocycles. The van der Waals surface area contributed by atoms with Crippen LogP contribution in [-0.2, 0) is 28.6 Å². The number of ether oxygens (including phenoxy) is 3. The van der Waals surface area contributed by atoms with Crippen LogP contribution in [0.25, 0.3) is 0 Å². The summed E-state index contributed by atoms with van der Waals surface area (Å²) in [6.45, 7) is 6.21. The molecule has 0 bridgehead atoms. The number of unbranched alkanes of at least 4 members (excludes halogenated alkanes) is 15. The summed E-state index contributed by atoms with van der Waals surface area (Å²) in [5.41, 5.74) is 0. The molecule has 0 aromatic carbocycles. The maximum Gasteiger partial charge on any atom is 0.310 e. The predicted molar refractivity (Wildman–Crippen MR) is 315 cm³/mol. The number of rotatable bonds is 50. The van der Waals surface area contributed by atoms with Crippen molar-refractivity contribution in [3.63, 3.8) is 0 Å². The van der Waals surface area contributed by atoms with Crippen LogP contribution < -0.4 is 0 Å². The highest BCUT2D eigenvalue weighted by Gasteiger charge is 2.19. The average molecular weight is 1010 g/mol. The predicted octanol–water partition coefficient (Wildman–Crippen LogP) is 19.8. The first-order valence-electron chi connectivity index (χ1n) is 29.0. The topological polar surface area (TPSA) is 78.9 Å². The van der Waals surface area contributed by atoms with Gasteiger partial charge in [0, 0.05) is 6.42 Å². The highest BCUT2D eigenvalue weighted by Crippen LogP contribution is 2.13. The van der Waals surface area contributed by atoms with Gasteiger partial charge >= 0.3 is 17.9 Å². The Bertz CT molecular complexity index is 1670. The van der Waals surface area contributed by atoms with Gasteiger partial charge in [-0.3, -0.25) is 14.4 Å². The highest BCUT2D eigenvalue weighted by molar-refractivity contribution is 5.72. The minimum absolute atomic E-state index is 0.0693. The van der Waals surface area contributed by atoms with Gasteiger partial charge in [-0.05, 0) is 109 Å². The number of allylic oxidation sites excluding steroid dienone is 24. The Labute approximate surface area is 448 Å². The summed E-state index contributed by atoms with van der Waals surface area (Å²) in [7, 11) is 0. The van der Waals surface area contributed by atoms with E-state index >= 15 is 0 Å². The Hall–Kier alpha value is -4.97. The molecule has 408 valence electrons. The van der Waals surface area contributed by atoms with E-state index in [-0.39, 0.29) is 32.0 Å². The van der Waals surface area contributed by atoms with E-state index in [4.69, 9.17) is 14.2 Å². The van der Waals surface area contributed by atoms with Gasteiger partial charge in [-0.2, -0.15) is 0 Å². The molecule has 1 unspecified atom stereocenters. The van der Waals surface area contributed by atoms with Crippen LogP contribution >= 0.6 is 0 Å². The number of carbonyl (C=O) groups is 3. The van der Waals surface area contributed by atoms with Crippen molar-refractivity contribution in [1.29, 1.82) is 0 Å². The van der Waals surface area contributed by atoms with E-state index < -0.39 is 18.0 Å². The van der Waals surface area contributed by atoms with Crippen LogP contribution in [0.5, 0.6) is 0 Å². The fourth-order valence-corrected chi connectivity index (χ4v) is 7.30. The monoisotopic (exact) mass is 1000 g/mol. The standard InChI is InChI=1S/C67H104O6/c1-4-7-10-13-16-19-22-25-28-29-30-31-32-33-34-35-36-37-40-42-45-48-51-54-57-60-66(69)72-63-64(73-67(70)61-58-55-52-49-46-43-39-27-24-21-18-15-12-9-6-3)62-71-65(68)59-56-53-50-47-44-41-38-26-23-20-17-14-11-8-5-2/h8-9,11-12,17-18,20-22,25-27,29-30,32-33,38-39,44,46-47,49,53,55-56,58,64H,4-7,10,13-16,19,23-24,28,31,34-37,40-43,45,48,50-52,54,57,59-63H2,1-3H3/b11-8-,12-9-,20-17-,21-18-,25-22-,30-29-,33-32-,38-26-,39-27-,47-44-,49-46-,56-53-,58-55-. The van der Waals surface area contributed by atoms with Crippen molar-refractivity contribution < 1.29 is 28.6 Å². The fourth-order valence-electron chi connectivity index (χ4n) is 7.30. The van der Waals surface area contributed by atoms with Crippen LogP contribution in [0.15, 0.2) is 158 Å². The average Bonchev–Trinajstić information content (AvgIpc) is 3.39. The zero-order valence-corrected chi connectivity index (χ0v) is 46.6. The zero-order valence-electron chi connectivity index (χ0n) is 46.6.